The van der Waals surface area contributed by atoms with Gasteiger partial charge >= 0.3 is 0 Å². The van der Waals surface area contributed by atoms with E-state index in [4.69, 9.17) is 0 Å². The van der Waals surface area contributed by atoms with Crippen molar-refractivity contribution in [2.75, 3.05) is 0 Å². The van der Waals surface area contributed by atoms with Crippen molar-refractivity contribution in [3.05, 3.63) is 34.9 Å². The Hall–Kier alpha value is -0.920. The summed E-state index contributed by atoms with van der Waals surface area (Å²) in [7, 11) is 0. The van der Waals surface area contributed by atoms with E-state index in [-0.39, 0.29) is 0 Å². The van der Waals surface area contributed by atoms with E-state index in [0.717, 1.165) is 30.4 Å². The minimum absolute atomic E-state index is 0.595. The van der Waals surface area contributed by atoms with Crippen LogP contribution in [0.3, 0.4) is 0 Å². The van der Waals surface area contributed by atoms with Crippen LogP contribution in [0.15, 0.2) is 12.1 Å². The zero-order valence-corrected chi connectivity index (χ0v) is 7.61. The smallest absolute Gasteiger partial charge is 0.159 e. The molecular formula is C11H12F2. The highest BCUT2D eigenvalue weighted by Crippen LogP contribution is 2.26. The molecule has 0 amide bonds. The topological polar surface area (TPSA) is 0 Å². The third-order valence-electron chi connectivity index (χ3n) is 2.72. The van der Waals surface area contributed by atoms with Gasteiger partial charge in [0.15, 0.2) is 11.6 Å². The van der Waals surface area contributed by atoms with Gasteiger partial charge in [-0.25, -0.2) is 8.78 Å². The van der Waals surface area contributed by atoms with Crippen molar-refractivity contribution in [2.45, 2.75) is 26.2 Å². The summed E-state index contributed by atoms with van der Waals surface area (Å²) in [5, 5.41) is 0. The Balaban J connectivity index is 2.43. The van der Waals surface area contributed by atoms with Gasteiger partial charge in [-0.3, -0.25) is 0 Å². The summed E-state index contributed by atoms with van der Waals surface area (Å²) in [6.45, 7) is 2.14. The number of hydrogen-bond acceptors (Lipinski definition) is 0. The number of fused-ring (bicyclic) bond motifs is 1. The third kappa shape index (κ3) is 1.58. The van der Waals surface area contributed by atoms with Gasteiger partial charge in [-0.2, -0.15) is 0 Å². The molecule has 1 aromatic carbocycles. The van der Waals surface area contributed by atoms with E-state index in [9.17, 15) is 8.78 Å². The van der Waals surface area contributed by atoms with Gasteiger partial charge in [0.05, 0.1) is 0 Å². The first-order chi connectivity index (χ1) is 6.16. The molecule has 70 valence electrons. The molecule has 0 N–H and O–H groups in total. The number of aryl methyl sites for hydroxylation is 1. The van der Waals surface area contributed by atoms with Gasteiger partial charge in [0, 0.05) is 0 Å². The first-order valence-electron chi connectivity index (χ1n) is 4.63. The van der Waals surface area contributed by atoms with Gasteiger partial charge < -0.3 is 0 Å². The van der Waals surface area contributed by atoms with Gasteiger partial charge in [0.25, 0.3) is 0 Å². The zero-order chi connectivity index (χ0) is 9.42. The van der Waals surface area contributed by atoms with E-state index >= 15 is 0 Å². The summed E-state index contributed by atoms with van der Waals surface area (Å²) < 4.78 is 25.7. The molecule has 0 saturated heterocycles. The second-order valence-corrected chi connectivity index (χ2v) is 3.88. The van der Waals surface area contributed by atoms with Crippen LogP contribution in [0.25, 0.3) is 0 Å². The maximum Gasteiger partial charge on any atom is 0.159 e. The van der Waals surface area contributed by atoms with Crippen LogP contribution in [0.4, 0.5) is 8.78 Å². The lowest BCUT2D eigenvalue weighted by molar-refractivity contribution is 0.475. The molecule has 1 aromatic rings. The van der Waals surface area contributed by atoms with Crippen LogP contribution < -0.4 is 0 Å². The molecule has 0 aromatic heterocycles. The summed E-state index contributed by atoms with van der Waals surface area (Å²) in [5.41, 5.74) is 1.97. The van der Waals surface area contributed by atoms with Gasteiger partial charge in [0.1, 0.15) is 0 Å². The molecular weight excluding hydrogens is 170 g/mol. The van der Waals surface area contributed by atoms with Crippen molar-refractivity contribution < 1.29 is 8.78 Å². The molecule has 0 fully saturated rings. The third-order valence-corrected chi connectivity index (χ3v) is 2.72. The summed E-state index contributed by atoms with van der Waals surface area (Å²) in [4.78, 5) is 0. The van der Waals surface area contributed by atoms with Crippen LogP contribution in [0.2, 0.25) is 0 Å². The first-order valence-corrected chi connectivity index (χ1v) is 4.63. The number of rotatable bonds is 0. The number of benzene rings is 1. The van der Waals surface area contributed by atoms with Crippen molar-refractivity contribution in [2.24, 2.45) is 5.92 Å². The van der Waals surface area contributed by atoms with Crippen LogP contribution >= 0.6 is 0 Å². The summed E-state index contributed by atoms with van der Waals surface area (Å²) in [6.07, 6.45) is 2.85. The maximum atomic E-state index is 12.9. The van der Waals surface area contributed by atoms with Crippen LogP contribution in [-0.4, -0.2) is 0 Å². The Labute approximate surface area is 76.6 Å². The molecule has 1 aliphatic rings. The molecule has 2 rings (SSSR count). The minimum atomic E-state index is -0.715. The standard InChI is InChI=1S/C11H12F2/c1-7-2-3-8-5-10(12)11(13)6-9(8)4-7/h5-7H,2-4H2,1H3. The van der Waals surface area contributed by atoms with E-state index in [2.05, 4.69) is 6.92 Å². The molecule has 0 nitrogen and oxygen atoms in total. The quantitative estimate of drug-likeness (QED) is 0.578. The Kier molecular flexibility index (Phi) is 2.06. The normalized spacial score (nSPS) is 21.3. The molecule has 2 heteroatoms. The van der Waals surface area contributed by atoms with Gasteiger partial charge in [0.2, 0.25) is 0 Å². The van der Waals surface area contributed by atoms with Crippen LogP contribution in [0.5, 0.6) is 0 Å². The zero-order valence-electron chi connectivity index (χ0n) is 7.61. The Morgan fingerprint density at radius 2 is 1.77 bits per heavy atom. The van der Waals surface area contributed by atoms with Gasteiger partial charge in [-0.1, -0.05) is 6.92 Å². The van der Waals surface area contributed by atoms with Crippen LogP contribution in [0.1, 0.15) is 24.5 Å². The molecule has 1 atom stereocenters. The van der Waals surface area contributed by atoms with Crippen molar-refractivity contribution >= 4 is 0 Å². The van der Waals surface area contributed by atoms with Crippen molar-refractivity contribution in [1.82, 2.24) is 0 Å². The fourth-order valence-corrected chi connectivity index (χ4v) is 1.93. The fourth-order valence-electron chi connectivity index (χ4n) is 1.93. The molecule has 1 unspecified atom stereocenters. The van der Waals surface area contributed by atoms with Crippen LogP contribution in [-0.2, 0) is 12.8 Å². The van der Waals surface area contributed by atoms with E-state index in [1.165, 1.54) is 12.1 Å². The van der Waals surface area contributed by atoms with Crippen molar-refractivity contribution in [1.29, 1.82) is 0 Å². The summed E-state index contributed by atoms with van der Waals surface area (Å²) >= 11 is 0. The lowest BCUT2D eigenvalue weighted by Gasteiger charge is -2.21. The lowest BCUT2D eigenvalue weighted by Crippen LogP contribution is -2.12. The van der Waals surface area contributed by atoms with Crippen molar-refractivity contribution in [3.8, 4) is 0 Å². The molecule has 0 radical (unpaired) electrons. The lowest BCUT2D eigenvalue weighted by atomic mass is 9.85. The molecule has 0 spiro atoms. The number of halogens is 2. The average molecular weight is 182 g/mol. The Bertz CT molecular complexity index is 331. The molecule has 13 heavy (non-hydrogen) atoms. The Morgan fingerprint density at radius 3 is 2.46 bits per heavy atom. The highest BCUT2D eigenvalue weighted by atomic mass is 19.2. The monoisotopic (exact) mass is 182 g/mol. The molecule has 1 aliphatic carbocycles. The van der Waals surface area contributed by atoms with Crippen LogP contribution in [0, 0.1) is 17.6 Å². The average Bonchev–Trinajstić information content (AvgIpc) is 2.08. The summed E-state index contributed by atoms with van der Waals surface area (Å²) in [5.74, 6) is -0.835. The maximum absolute atomic E-state index is 12.9. The second-order valence-electron chi connectivity index (χ2n) is 3.88. The highest BCUT2D eigenvalue weighted by Gasteiger charge is 2.17. The van der Waals surface area contributed by atoms with Crippen molar-refractivity contribution in [3.63, 3.8) is 0 Å². The van der Waals surface area contributed by atoms with E-state index in [1.807, 2.05) is 0 Å². The van der Waals surface area contributed by atoms with E-state index in [0.29, 0.717) is 5.92 Å². The highest BCUT2D eigenvalue weighted by molar-refractivity contribution is 5.31. The number of hydrogen-bond donors (Lipinski definition) is 0. The molecule has 0 aliphatic heterocycles. The van der Waals surface area contributed by atoms with Gasteiger partial charge in [-0.15, -0.1) is 0 Å². The molecule has 0 heterocycles. The first kappa shape index (κ1) is 8.67. The largest absolute Gasteiger partial charge is 0.204 e. The SMILES string of the molecule is CC1CCc2cc(F)c(F)cc2C1. The summed E-state index contributed by atoms with van der Waals surface area (Å²) in [6, 6.07) is 2.69. The predicted octanol–water partition coefficient (Wildman–Crippen LogP) is 3.09. The van der Waals surface area contributed by atoms with E-state index in [1.54, 1.807) is 0 Å². The Morgan fingerprint density at radius 1 is 1.15 bits per heavy atom. The second kappa shape index (κ2) is 3.09. The fraction of sp³-hybridized carbons (Fsp3) is 0.455. The van der Waals surface area contributed by atoms with E-state index < -0.39 is 11.6 Å². The van der Waals surface area contributed by atoms with Gasteiger partial charge in [-0.05, 0) is 48.4 Å². The predicted molar refractivity (Wildman–Crippen MR) is 47.5 cm³/mol. The molecule has 0 bridgehead atoms. The molecule has 0 saturated carbocycles. The minimum Gasteiger partial charge on any atom is -0.204 e.